The van der Waals surface area contributed by atoms with Crippen LogP contribution in [0.2, 0.25) is 0 Å². The lowest BCUT2D eigenvalue weighted by Crippen LogP contribution is -2.42. The van der Waals surface area contributed by atoms with E-state index >= 15 is 0 Å². The first-order valence-corrected chi connectivity index (χ1v) is 9.54. The molecule has 1 aliphatic carbocycles. The highest BCUT2D eigenvalue weighted by Gasteiger charge is 2.41. The molecular formula is C16H22N2O4S. The Morgan fingerprint density at radius 1 is 1.30 bits per heavy atom. The third-order valence-electron chi connectivity index (χ3n) is 4.39. The van der Waals surface area contributed by atoms with Gasteiger partial charge in [0.05, 0.1) is 11.5 Å². The van der Waals surface area contributed by atoms with Crippen LogP contribution >= 0.6 is 0 Å². The second-order valence-electron chi connectivity index (χ2n) is 6.18. The van der Waals surface area contributed by atoms with E-state index in [9.17, 15) is 13.2 Å². The molecule has 1 saturated heterocycles. The molecule has 1 aromatic rings. The van der Waals surface area contributed by atoms with E-state index in [1.165, 1.54) is 6.08 Å². The molecule has 0 unspecified atom stereocenters. The van der Waals surface area contributed by atoms with Gasteiger partial charge in [-0.25, -0.2) is 12.7 Å². The van der Waals surface area contributed by atoms with Crippen LogP contribution in [0.4, 0.5) is 0 Å². The minimum Gasteiger partial charge on any atom is -0.465 e. The number of amides is 1. The molecule has 2 aliphatic rings. The van der Waals surface area contributed by atoms with Gasteiger partial charge in [0.15, 0.2) is 0 Å². The van der Waals surface area contributed by atoms with Crippen molar-refractivity contribution in [2.24, 2.45) is 5.92 Å². The number of sulfonamides is 1. The molecule has 0 aromatic carbocycles. The lowest BCUT2D eigenvalue weighted by atomic mass is 9.98. The molecule has 2 heterocycles. The molecule has 7 heteroatoms. The quantitative estimate of drug-likeness (QED) is 0.799. The van der Waals surface area contributed by atoms with Crippen molar-refractivity contribution >= 4 is 22.0 Å². The molecule has 0 bridgehead atoms. The van der Waals surface area contributed by atoms with Crippen LogP contribution in [0.5, 0.6) is 0 Å². The number of rotatable bonds is 6. The van der Waals surface area contributed by atoms with E-state index in [1.807, 2.05) is 0 Å². The molecule has 126 valence electrons. The van der Waals surface area contributed by atoms with Gasteiger partial charge >= 0.3 is 0 Å². The highest BCUT2D eigenvalue weighted by molar-refractivity contribution is 7.90. The summed E-state index contributed by atoms with van der Waals surface area (Å²) in [5.74, 6) is 0.815. The van der Waals surface area contributed by atoms with Gasteiger partial charge in [0, 0.05) is 25.7 Å². The van der Waals surface area contributed by atoms with Crippen LogP contribution in [-0.2, 0) is 14.8 Å². The molecule has 2 fully saturated rings. The molecule has 6 nitrogen and oxygen atoms in total. The van der Waals surface area contributed by atoms with Crippen LogP contribution in [0.1, 0.15) is 31.4 Å². The average Bonchev–Trinajstić information content (AvgIpc) is 3.29. The maximum atomic E-state index is 12.2. The Balaban J connectivity index is 1.40. The number of piperidine rings is 1. The zero-order valence-corrected chi connectivity index (χ0v) is 13.8. The van der Waals surface area contributed by atoms with E-state index in [4.69, 9.17) is 4.42 Å². The normalized spacial score (nSPS) is 20.9. The van der Waals surface area contributed by atoms with E-state index in [2.05, 4.69) is 5.32 Å². The van der Waals surface area contributed by atoms with Gasteiger partial charge in [-0.05, 0) is 49.8 Å². The highest BCUT2D eigenvalue weighted by Crippen LogP contribution is 2.32. The van der Waals surface area contributed by atoms with Crippen LogP contribution < -0.4 is 5.32 Å². The highest BCUT2D eigenvalue weighted by atomic mass is 32.2. The van der Waals surface area contributed by atoms with Gasteiger partial charge < -0.3 is 9.73 Å². The Labute approximate surface area is 136 Å². The largest absolute Gasteiger partial charge is 0.465 e. The number of nitrogens with zero attached hydrogens (tertiary/aromatic N) is 1. The maximum absolute atomic E-state index is 12.2. The van der Waals surface area contributed by atoms with Crippen LogP contribution in [0.15, 0.2) is 28.9 Å². The van der Waals surface area contributed by atoms with Crippen molar-refractivity contribution in [3.8, 4) is 0 Å². The predicted octanol–water partition coefficient (Wildman–Crippen LogP) is 1.61. The van der Waals surface area contributed by atoms with E-state index in [0.29, 0.717) is 31.3 Å². The van der Waals surface area contributed by atoms with Gasteiger partial charge in [-0.3, -0.25) is 4.79 Å². The standard InChI is InChI=1S/C16H22N2O4S/c19-16(6-3-14-2-1-11-22-14)17-12-13-7-9-18(10-8-13)23(20,21)15-4-5-15/h1-3,6,11,13,15H,4-5,7-10,12H2,(H,17,19). The Morgan fingerprint density at radius 3 is 2.65 bits per heavy atom. The molecule has 1 amide bonds. The van der Waals surface area contributed by atoms with E-state index in [-0.39, 0.29) is 11.2 Å². The Bertz CT molecular complexity index is 654. The lowest BCUT2D eigenvalue weighted by Gasteiger charge is -2.31. The number of hydrogen-bond acceptors (Lipinski definition) is 4. The summed E-state index contributed by atoms with van der Waals surface area (Å²) in [5, 5.41) is 2.73. The number of hydrogen-bond donors (Lipinski definition) is 1. The molecular weight excluding hydrogens is 316 g/mol. The molecule has 1 saturated carbocycles. The number of nitrogens with one attached hydrogen (secondary N) is 1. The van der Waals surface area contributed by atoms with Crippen molar-refractivity contribution in [1.82, 2.24) is 9.62 Å². The molecule has 0 spiro atoms. The van der Waals surface area contributed by atoms with Gasteiger partial charge in [-0.1, -0.05) is 0 Å². The molecule has 0 radical (unpaired) electrons. The Hall–Kier alpha value is -1.60. The predicted molar refractivity (Wildman–Crippen MR) is 87.0 cm³/mol. The number of carbonyl (C=O) groups is 1. The summed E-state index contributed by atoms with van der Waals surface area (Å²) in [4.78, 5) is 11.8. The van der Waals surface area contributed by atoms with Crippen LogP contribution in [0, 0.1) is 5.92 Å². The first kappa shape index (κ1) is 16.3. The maximum Gasteiger partial charge on any atom is 0.244 e. The third kappa shape index (κ3) is 4.23. The van der Waals surface area contributed by atoms with Crippen molar-refractivity contribution in [2.45, 2.75) is 30.9 Å². The Kier molecular flexibility index (Phi) is 4.87. The van der Waals surface area contributed by atoms with Crippen molar-refractivity contribution in [1.29, 1.82) is 0 Å². The van der Waals surface area contributed by atoms with Gasteiger partial charge in [0.2, 0.25) is 15.9 Å². The minimum absolute atomic E-state index is 0.134. The van der Waals surface area contributed by atoms with Gasteiger partial charge in [0.25, 0.3) is 0 Å². The molecule has 3 rings (SSSR count). The first-order valence-electron chi connectivity index (χ1n) is 8.04. The van der Waals surface area contributed by atoms with Crippen LogP contribution in [0.3, 0.4) is 0 Å². The molecule has 1 N–H and O–H groups in total. The lowest BCUT2D eigenvalue weighted by molar-refractivity contribution is -0.116. The SMILES string of the molecule is O=C(C=Cc1ccco1)NCC1CCN(S(=O)(=O)C2CC2)CC1. The molecule has 0 atom stereocenters. The van der Waals surface area contributed by atoms with Crippen molar-refractivity contribution in [2.75, 3.05) is 19.6 Å². The van der Waals surface area contributed by atoms with E-state index in [1.54, 1.807) is 28.8 Å². The van der Waals surface area contributed by atoms with Gasteiger partial charge in [0.1, 0.15) is 5.76 Å². The van der Waals surface area contributed by atoms with Crippen molar-refractivity contribution in [3.05, 3.63) is 30.2 Å². The van der Waals surface area contributed by atoms with Crippen LogP contribution in [-0.4, -0.2) is 43.5 Å². The molecule has 1 aliphatic heterocycles. The van der Waals surface area contributed by atoms with Crippen LogP contribution in [0.25, 0.3) is 6.08 Å². The zero-order chi connectivity index (χ0) is 16.3. The minimum atomic E-state index is -3.05. The van der Waals surface area contributed by atoms with Crippen molar-refractivity contribution < 1.29 is 17.6 Å². The summed E-state index contributed by atoms with van der Waals surface area (Å²) < 4.78 is 31.1. The van der Waals surface area contributed by atoms with Gasteiger partial charge in [-0.15, -0.1) is 0 Å². The number of carbonyl (C=O) groups excluding carboxylic acids is 1. The molecule has 23 heavy (non-hydrogen) atoms. The second-order valence-corrected chi connectivity index (χ2v) is 8.39. The Morgan fingerprint density at radius 2 is 2.04 bits per heavy atom. The smallest absolute Gasteiger partial charge is 0.244 e. The average molecular weight is 338 g/mol. The van der Waals surface area contributed by atoms with Crippen molar-refractivity contribution in [3.63, 3.8) is 0 Å². The summed E-state index contributed by atoms with van der Waals surface area (Å²) >= 11 is 0. The first-order chi connectivity index (χ1) is 11.1. The summed E-state index contributed by atoms with van der Waals surface area (Å²) in [6.45, 7) is 1.72. The van der Waals surface area contributed by atoms with E-state index < -0.39 is 10.0 Å². The third-order valence-corrected chi connectivity index (χ3v) is 6.78. The van der Waals surface area contributed by atoms with E-state index in [0.717, 1.165) is 25.7 Å². The number of furan rings is 1. The zero-order valence-electron chi connectivity index (χ0n) is 13.0. The topological polar surface area (TPSA) is 79.6 Å². The fourth-order valence-corrected chi connectivity index (χ4v) is 4.67. The summed E-state index contributed by atoms with van der Waals surface area (Å²) in [5.41, 5.74) is 0. The fourth-order valence-electron chi connectivity index (χ4n) is 2.79. The van der Waals surface area contributed by atoms with Gasteiger partial charge in [-0.2, -0.15) is 0 Å². The summed E-state index contributed by atoms with van der Waals surface area (Å²) in [6, 6.07) is 3.54. The summed E-state index contributed by atoms with van der Waals surface area (Å²) in [6.07, 6.45) is 7.84. The molecule has 1 aromatic heterocycles. The summed E-state index contributed by atoms with van der Waals surface area (Å²) in [7, 11) is -3.05. The second kappa shape index (κ2) is 6.88. The monoisotopic (exact) mass is 338 g/mol. The fraction of sp³-hybridized carbons (Fsp3) is 0.562.